The number of rotatable bonds is 11. The van der Waals surface area contributed by atoms with Crippen molar-refractivity contribution in [1.82, 2.24) is 10.2 Å². The van der Waals surface area contributed by atoms with Gasteiger partial charge < -0.3 is 39.4 Å². The predicted octanol–water partition coefficient (Wildman–Crippen LogP) is 1.99. The maximum atomic E-state index is 13.3. The van der Waals surface area contributed by atoms with Crippen molar-refractivity contribution < 1.29 is 38.8 Å². The predicted molar refractivity (Wildman–Crippen MR) is 143 cm³/mol. The number of hydrogen-bond donors (Lipinski definition) is 4. The molecule has 0 fully saturated rings. The molecule has 0 saturated heterocycles. The molecule has 37 heavy (non-hydrogen) atoms. The van der Waals surface area contributed by atoms with Crippen LogP contribution >= 0.6 is 22.6 Å². The molecule has 1 heterocycles. The zero-order valence-corrected chi connectivity index (χ0v) is 23.2. The fourth-order valence-electron chi connectivity index (χ4n) is 4.16. The average molecular weight is 628 g/mol. The summed E-state index contributed by atoms with van der Waals surface area (Å²) in [5.74, 6) is -0.271. The molecule has 0 radical (unpaired) electrons. The number of ether oxygens (including phenoxy) is 2. The second kappa shape index (κ2) is 13.3. The van der Waals surface area contributed by atoms with E-state index in [0.29, 0.717) is 26.2 Å². The Kier molecular flexibility index (Phi) is 10.4. The van der Waals surface area contributed by atoms with Gasteiger partial charge in [0.1, 0.15) is 12.2 Å². The van der Waals surface area contributed by atoms with Crippen LogP contribution in [0.1, 0.15) is 31.4 Å². The van der Waals surface area contributed by atoms with Gasteiger partial charge in [-0.15, -0.1) is 0 Å². The lowest BCUT2D eigenvalue weighted by Crippen LogP contribution is -2.55. The van der Waals surface area contributed by atoms with Crippen molar-refractivity contribution in [2.75, 3.05) is 20.3 Å². The van der Waals surface area contributed by atoms with Gasteiger partial charge in [0.05, 0.1) is 42.5 Å². The fraction of sp³-hybridized carbons (Fsp3) is 0.462. The van der Waals surface area contributed by atoms with Crippen LogP contribution in [0, 0.1) is 9.49 Å². The van der Waals surface area contributed by atoms with E-state index in [-0.39, 0.29) is 44.5 Å². The Morgan fingerprint density at radius 3 is 2.62 bits per heavy atom. The second-order valence-electron chi connectivity index (χ2n) is 9.04. The highest BCUT2D eigenvalue weighted by Crippen LogP contribution is 2.37. The molecule has 0 saturated carbocycles. The zero-order chi connectivity index (χ0) is 27.1. The number of furan rings is 1. The van der Waals surface area contributed by atoms with Gasteiger partial charge in [0, 0.05) is 36.6 Å². The lowest BCUT2D eigenvalue weighted by atomic mass is 9.87. The van der Waals surface area contributed by atoms with E-state index in [1.807, 2.05) is 0 Å². The summed E-state index contributed by atoms with van der Waals surface area (Å²) in [5, 5.41) is 32.9. The number of amides is 2. The van der Waals surface area contributed by atoms with Crippen LogP contribution in [0.3, 0.4) is 0 Å². The first-order valence-corrected chi connectivity index (χ1v) is 13.0. The van der Waals surface area contributed by atoms with Crippen LogP contribution < -0.4 is 14.8 Å². The van der Waals surface area contributed by atoms with Crippen molar-refractivity contribution in [3.05, 3.63) is 57.1 Å². The van der Waals surface area contributed by atoms with Crippen molar-refractivity contribution >= 4 is 34.4 Å². The molecule has 1 aromatic carbocycles. The molecule has 1 aliphatic carbocycles. The van der Waals surface area contributed by atoms with Crippen LogP contribution in [-0.2, 0) is 22.7 Å². The summed E-state index contributed by atoms with van der Waals surface area (Å²) in [6.07, 6.45) is 2.50. The molecule has 3 rings (SSSR count). The van der Waals surface area contributed by atoms with Gasteiger partial charge in [0.2, 0.25) is 11.8 Å². The van der Waals surface area contributed by atoms with Crippen LogP contribution in [0.15, 0.2) is 46.8 Å². The van der Waals surface area contributed by atoms with Gasteiger partial charge in [-0.2, -0.15) is 0 Å². The lowest BCUT2D eigenvalue weighted by Gasteiger charge is -2.41. The molecule has 202 valence electrons. The standard InChI is InChI=1S/C26H33IN2O8/c1-15(2)26(34)29(12-16-4-7-36-14-16)20-10-18(25(33)28-5-6-30)11-21(23(20)32)37-24-19(27)8-17(13-31)9-22(24)35-3/h4,7-9,11,14-15,20-21,23,30-32H,5-6,10,12-13H2,1-3H3,(H,28,33). The minimum atomic E-state index is -1.18. The van der Waals surface area contributed by atoms with Crippen LogP contribution in [0.25, 0.3) is 0 Å². The smallest absolute Gasteiger partial charge is 0.247 e. The Morgan fingerprint density at radius 1 is 1.27 bits per heavy atom. The Balaban J connectivity index is 2.02. The number of halogens is 1. The Hall–Kier alpha value is -2.61. The number of nitrogens with zero attached hydrogens (tertiary/aromatic N) is 1. The highest BCUT2D eigenvalue weighted by molar-refractivity contribution is 14.1. The molecule has 2 aromatic rings. The summed E-state index contributed by atoms with van der Waals surface area (Å²) in [5.41, 5.74) is 1.70. The molecule has 3 atom stereocenters. The van der Waals surface area contributed by atoms with E-state index in [9.17, 15) is 19.8 Å². The normalized spacial score (nSPS) is 19.4. The first-order chi connectivity index (χ1) is 17.7. The third kappa shape index (κ3) is 7.03. The minimum absolute atomic E-state index is 0.0624. The van der Waals surface area contributed by atoms with Crippen molar-refractivity contribution in [3.63, 3.8) is 0 Å². The first kappa shape index (κ1) is 29.0. The molecule has 0 bridgehead atoms. The SMILES string of the molecule is COc1cc(CO)cc(I)c1OC1C=C(C(=O)NCCO)CC(N(Cc2ccoc2)C(=O)C(C)C)C1O. The van der Waals surface area contributed by atoms with E-state index in [4.69, 9.17) is 19.0 Å². The van der Waals surface area contributed by atoms with Crippen molar-refractivity contribution in [2.45, 2.75) is 51.7 Å². The number of carbonyl (C=O) groups excluding carboxylic acids is 2. The molecule has 3 unspecified atom stereocenters. The highest BCUT2D eigenvalue weighted by Gasteiger charge is 2.41. The molecular formula is C26H33IN2O8. The first-order valence-electron chi connectivity index (χ1n) is 11.9. The fourth-order valence-corrected chi connectivity index (χ4v) is 4.96. The van der Waals surface area contributed by atoms with Gasteiger partial charge in [-0.1, -0.05) is 13.8 Å². The van der Waals surface area contributed by atoms with Crippen LogP contribution in [0.5, 0.6) is 11.5 Å². The second-order valence-corrected chi connectivity index (χ2v) is 10.2. The zero-order valence-electron chi connectivity index (χ0n) is 21.0. The molecule has 1 aromatic heterocycles. The Labute approximate surface area is 229 Å². The van der Waals surface area contributed by atoms with Gasteiger partial charge in [0.25, 0.3) is 0 Å². The van der Waals surface area contributed by atoms with Gasteiger partial charge in [-0.3, -0.25) is 9.59 Å². The largest absolute Gasteiger partial charge is 0.493 e. The van der Waals surface area contributed by atoms with Gasteiger partial charge >= 0.3 is 0 Å². The molecule has 0 aliphatic heterocycles. The van der Waals surface area contributed by atoms with E-state index < -0.39 is 24.2 Å². The molecular weight excluding hydrogens is 595 g/mol. The third-order valence-electron chi connectivity index (χ3n) is 6.05. The highest BCUT2D eigenvalue weighted by atomic mass is 127. The van der Waals surface area contributed by atoms with Crippen LogP contribution in [-0.4, -0.2) is 70.5 Å². The summed E-state index contributed by atoms with van der Waals surface area (Å²) in [4.78, 5) is 27.8. The van der Waals surface area contributed by atoms with Crippen molar-refractivity contribution in [3.8, 4) is 11.5 Å². The van der Waals surface area contributed by atoms with E-state index in [1.165, 1.54) is 19.6 Å². The summed E-state index contributed by atoms with van der Waals surface area (Å²) < 4.78 is 17.5. The van der Waals surface area contributed by atoms with Gasteiger partial charge in [0.15, 0.2) is 11.5 Å². The summed E-state index contributed by atoms with van der Waals surface area (Å²) >= 11 is 2.05. The van der Waals surface area contributed by atoms with Crippen molar-refractivity contribution in [1.29, 1.82) is 0 Å². The summed E-state index contributed by atoms with van der Waals surface area (Å²) in [6.45, 7) is 3.38. The molecule has 2 amide bonds. The summed E-state index contributed by atoms with van der Waals surface area (Å²) in [7, 11) is 1.47. The van der Waals surface area contributed by atoms with E-state index in [0.717, 1.165) is 5.56 Å². The van der Waals surface area contributed by atoms with Crippen LogP contribution in [0.4, 0.5) is 0 Å². The third-order valence-corrected chi connectivity index (χ3v) is 6.85. The lowest BCUT2D eigenvalue weighted by molar-refractivity contribution is -0.142. The van der Waals surface area contributed by atoms with E-state index >= 15 is 0 Å². The molecule has 1 aliphatic rings. The topological polar surface area (TPSA) is 142 Å². The monoisotopic (exact) mass is 628 g/mol. The Morgan fingerprint density at radius 2 is 2.03 bits per heavy atom. The van der Waals surface area contributed by atoms with E-state index in [2.05, 4.69) is 27.9 Å². The number of nitrogens with one attached hydrogen (secondary N) is 1. The summed E-state index contributed by atoms with van der Waals surface area (Å²) in [6, 6.07) is 4.33. The quantitative estimate of drug-likeness (QED) is 0.277. The van der Waals surface area contributed by atoms with Crippen molar-refractivity contribution in [2.24, 2.45) is 5.92 Å². The number of hydrogen-bond acceptors (Lipinski definition) is 8. The number of aliphatic hydroxyl groups is 3. The number of methoxy groups -OCH3 is 1. The molecule has 11 heteroatoms. The minimum Gasteiger partial charge on any atom is -0.493 e. The Bertz CT molecular complexity index is 1100. The molecule has 0 spiro atoms. The molecule has 10 nitrogen and oxygen atoms in total. The number of carbonyl (C=O) groups is 2. The number of aliphatic hydroxyl groups excluding tert-OH is 3. The molecule has 4 N–H and O–H groups in total. The maximum Gasteiger partial charge on any atom is 0.247 e. The van der Waals surface area contributed by atoms with E-state index in [1.54, 1.807) is 43.0 Å². The maximum absolute atomic E-state index is 13.3. The van der Waals surface area contributed by atoms with Gasteiger partial charge in [-0.05, 0) is 52.4 Å². The average Bonchev–Trinajstić information content (AvgIpc) is 3.40. The van der Waals surface area contributed by atoms with Gasteiger partial charge in [-0.25, -0.2) is 0 Å². The van der Waals surface area contributed by atoms with Crippen LogP contribution in [0.2, 0.25) is 0 Å². The number of benzene rings is 1.